The quantitative estimate of drug-likeness (QED) is 0.755. The smallest absolute Gasteiger partial charge is 0.260 e. The molecular weight excluding hydrogens is 388 g/mol. The van der Waals surface area contributed by atoms with Crippen LogP contribution >= 0.6 is 0 Å². The molecule has 0 saturated carbocycles. The van der Waals surface area contributed by atoms with Crippen molar-refractivity contribution in [3.63, 3.8) is 0 Å². The predicted molar refractivity (Wildman–Crippen MR) is 110 cm³/mol. The molecule has 1 amide bonds. The number of hydrogen-bond acceptors (Lipinski definition) is 4. The molecule has 2 aromatic carbocycles. The number of sulfonamides is 1. The minimum Gasteiger partial charge on any atom is -0.484 e. The molecule has 0 unspecified atom stereocenters. The van der Waals surface area contributed by atoms with Crippen molar-refractivity contribution in [3.8, 4) is 5.75 Å². The molecule has 2 aliphatic rings. The summed E-state index contributed by atoms with van der Waals surface area (Å²) in [5.74, 6) is 0.429. The Bertz CT molecular complexity index is 967. The van der Waals surface area contributed by atoms with Crippen molar-refractivity contribution in [2.24, 2.45) is 0 Å². The Morgan fingerprint density at radius 1 is 0.897 bits per heavy atom. The molecule has 29 heavy (non-hydrogen) atoms. The number of fused-ring (bicyclic) bond motifs is 1. The number of amides is 1. The van der Waals surface area contributed by atoms with Gasteiger partial charge in [-0.05, 0) is 54.7 Å². The Hall–Kier alpha value is -2.38. The van der Waals surface area contributed by atoms with Gasteiger partial charge in [0.05, 0.1) is 4.90 Å². The van der Waals surface area contributed by atoms with Crippen LogP contribution in [0.25, 0.3) is 0 Å². The molecular formula is C22H26N2O4S. The van der Waals surface area contributed by atoms with Crippen LogP contribution < -0.4 is 4.74 Å². The average molecular weight is 415 g/mol. The maximum atomic E-state index is 12.7. The van der Waals surface area contributed by atoms with Crippen LogP contribution in [0.4, 0.5) is 0 Å². The van der Waals surface area contributed by atoms with Crippen LogP contribution in [0.15, 0.2) is 53.4 Å². The fraction of sp³-hybridized carbons (Fsp3) is 0.409. The van der Waals surface area contributed by atoms with Gasteiger partial charge in [-0.3, -0.25) is 4.79 Å². The topological polar surface area (TPSA) is 66.9 Å². The second-order valence-corrected chi connectivity index (χ2v) is 9.50. The Kier molecular flexibility index (Phi) is 5.87. The fourth-order valence-electron chi connectivity index (χ4n) is 3.91. The summed E-state index contributed by atoms with van der Waals surface area (Å²) >= 11 is 0. The van der Waals surface area contributed by atoms with Crippen LogP contribution in [-0.2, 0) is 27.8 Å². The first-order valence-electron chi connectivity index (χ1n) is 10.1. The highest BCUT2D eigenvalue weighted by Gasteiger charge is 2.26. The van der Waals surface area contributed by atoms with Gasteiger partial charge < -0.3 is 9.64 Å². The number of rotatable bonds is 5. The van der Waals surface area contributed by atoms with Crippen LogP contribution in [-0.4, -0.2) is 49.8 Å². The van der Waals surface area contributed by atoms with E-state index in [0.717, 1.165) is 25.7 Å². The summed E-state index contributed by atoms with van der Waals surface area (Å²) in [5.41, 5.74) is 2.47. The van der Waals surface area contributed by atoms with E-state index in [1.165, 1.54) is 11.1 Å². The van der Waals surface area contributed by atoms with E-state index in [9.17, 15) is 13.2 Å². The lowest BCUT2D eigenvalue weighted by Gasteiger charge is -2.28. The van der Waals surface area contributed by atoms with Crippen molar-refractivity contribution in [1.82, 2.24) is 9.21 Å². The third-order valence-electron chi connectivity index (χ3n) is 5.62. The van der Waals surface area contributed by atoms with Gasteiger partial charge in [0.1, 0.15) is 5.75 Å². The monoisotopic (exact) mass is 414 g/mol. The Labute approximate surface area is 172 Å². The van der Waals surface area contributed by atoms with Gasteiger partial charge >= 0.3 is 0 Å². The highest BCUT2D eigenvalue weighted by Crippen LogP contribution is 2.23. The van der Waals surface area contributed by atoms with Crippen molar-refractivity contribution in [2.75, 3.05) is 26.2 Å². The minimum absolute atomic E-state index is 0.0552. The second kappa shape index (κ2) is 8.55. The van der Waals surface area contributed by atoms with Gasteiger partial charge in [-0.2, -0.15) is 4.31 Å². The van der Waals surface area contributed by atoms with Gasteiger partial charge in [0, 0.05) is 26.2 Å². The predicted octanol–water partition coefficient (Wildman–Crippen LogP) is 2.82. The van der Waals surface area contributed by atoms with Gasteiger partial charge in [0.2, 0.25) is 10.0 Å². The molecule has 0 atom stereocenters. The van der Waals surface area contributed by atoms with E-state index in [1.54, 1.807) is 33.5 Å². The van der Waals surface area contributed by atoms with E-state index in [0.29, 0.717) is 31.9 Å². The largest absolute Gasteiger partial charge is 0.484 e. The molecule has 1 fully saturated rings. The van der Waals surface area contributed by atoms with Gasteiger partial charge in [-0.25, -0.2) is 8.42 Å². The maximum absolute atomic E-state index is 12.7. The third-order valence-corrected chi connectivity index (χ3v) is 7.54. The van der Waals surface area contributed by atoms with Crippen molar-refractivity contribution in [3.05, 3.63) is 59.7 Å². The summed E-state index contributed by atoms with van der Waals surface area (Å²) in [7, 11) is -3.45. The highest BCUT2D eigenvalue weighted by atomic mass is 32.2. The number of nitrogens with zero attached hydrogens (tertiary/aromatic N) is 2. The van der Waals surface area contributed by atoms with Gasteiger partial charge in [-0.15, -0.1) is 0 Å². The van der Waals surface area contributed by atoms with Crippen LogP contribution in [0.3, 0.4) is 0 Å². The number of carbonyl (C=O) groups excluding carboxylic acids is 1. The van der Waals surface area contributed by atoms with Crippen molar-refractivity contribution >= 4 is 15.9 Å². The molecule has 2 heterocycles. The molecule has 0 aromatic heterocycles. The number of benzene rings is 2. The van der Waals surface area contributed by atoms with E-state index >= 15 is 0 Å². The number of carbonyl (C=O) groups is 1. The molecule has 2 aromatic rings. The molecule has 4 rings (SSSR count). The lowest BCUT2D eigenvalue weighted by Crippen LogP contribution is -2.38. The lowest BCUT2D eigenvalue weighted by molar-refractivity contribution is -0.134. The summed E-state index contributed by atoms with van der Waals surface area (Å²) in [6, 6.07) is 14.5. The van der Waals surface area contributed by atoms with Crippen LogP contribution in [0.2, 0.25) is 0 Å². The van der Waals surface area contributed by atoms with Crippen molar-refractivity contribution in [1.29, 1.82) is 0 Å². The van der Waals surface area contributed by atoms with E-state index in [4.69, 9.17) is 4.74 Å². The number of hydrogen-bond donors (Lipinski definition) is 0. The Morgan fingerprint density at radius 2 is 1.59 bits per heavy atom. The molecule has 0 spiro atoms. The summed E-state index contributed by atoms with van der Waals surface area (Å²) in [6.07, 6.45) is 3.74. The van der Waals surface area contributed by atoms with Crippen LogP contribution in [0.1, 0.15) is 30.4 Å². The van der Waals surface area contributed by atoms with E-state index in [-0.39, 0.29) is 17.4 Å². The zero-order valence-corrected chi connectivity index (χ0v) is 17.2. The fourth-order valence-corrected chi connectivity index (χ4v) is 5.42. The molecule has 0 N–H and O–H groups in total. The SMILES string of the molecule is O=C(COc1ccc(S(=O)(=O)N2CCCCC2)cc1)N1CCc2ccccc2C1. The first kappa shape index (κ1) is 19.9. The van der Waals surface area contributed by atoms with Crippen LogP contribution in [0.5, 0.6) is 5.75 Å². The zero-order valence-electron chi connectivity index (χ0n) is 16.4. The first-order chi connectivity index (χ1) is 14.0. The van der Waals surface area contributed by atoms with Gasteiger partial charge in [-0.1, -0.05) is 30.7 Å². The Morgan fingerprint density at radius 3 is 2.31 bits per heavy atom. The molecule has 1 saturated heterocycles. The lowest BCUT2D eigenvalue weighted by atomic mass is 10.00. The molecule has 6 nitrogen and oxygen atoms in total. The van der Waals surface area contributed by atoms with E-state index < -0.39 is 10.0 Å². The molecule has 154 valence electrons. The first-order valence-corrected chi connectivity index (χ1v) is 11.6. The summed E-state index contributed by atoms with van der Waals surface area (Å²) < 4.78 is 32.6. The normalized spacial score (nSPS) is 17.6. The summed E-state index contributed by atoms with van der Waals surface area (Å²) in [4.78, 5) is 14.6. The van der Waals surface area contributed by atoms with Crippen LogP contribution in [0, 0.1) is 0 Å². The third kappa shape index (κ3) is 4.46. The molecule has 0 aliphatic carbocycles. The van der Waals surface area contributed by atoms with Crippen molar-refractivity contribution in [2.45, 2.75) is 37.1 Å². The molecule has 2 aliphatic heterocycles. The molecule has 0 radical (unpaired) electrons. The Balaban J connectivity index is 1.34. The number of piperidine rings is 1. The number of ether oxygens (including phenoxy) is 1. The molecule has 0 bridgehead atoms. The van der Waals surface area contributed by atoms with Crippen molar-refractivity contribution < 1.29 is 17.9 Å². The minimum atomic E-state index is -3.45. The average Bonchev–Trinajstić information content (AvgIpc) is 2.78. The second-order valence-electron chi connectivity index (χ2n) is 7.56. The summed E-state index contributed by atoms with van der Waals surface area (Å²) in [5, 5.41) is 0. The van der Waals surface area contributed by atoms with Gasteiger partial charge in [0.15, 0.2) is 6.61 Å². The maximum Gasteiger partial charge on any atom is 0.260 e. The highest BCUT2D eigenvalue weighted by molar-refractivity contribution is 7.89. The zero-order chi connectivity index (χ0) is 20.3. The molecule has 7 heteroatoms. The van der Waals surface area contributed by atoms with Gasteiger partial charge in [0.25, 0.3) is 5.91 Å². The summed E-state index contributed by atoms with van der Waals surface area (Å²) in [6.45, 7) is 2.39. The van der Waals surface area contributed by atoms with E-state index in [1.807, 2.05) is 12.1 Å². The standard InChI is InChI=1S/C22H26N2O4S/c25-22(23-15-12-18-6-2-3-7-19(18)16-23)17-28-20-8-10-21(11-9-20)29(26,27)24-13-4-1-5-14-24/h2-3,6-11H,1,4-5,12-17H2. The van der Waals surface area contributed by atoms with E-state index in [2.05, 4.69) is 12.1 Å².